The van der Waals surface area contributed by atoms with Crippen LogP contribution in [0, 0.1) is 13.8 Å². The Balaban J connectivity index is 1.89. The standard InChI is InChI=1S/C21H20BrF2N7O2S/c1-4-31-10(3)12(6-26-31)11-5-14(19(23)24)27-21-16(11)17(18(34-21)20(25)33)28-15(32)8-30-7-13(22)9(2)29-30/h5-7,19H,4,8H2,1-3H3,(H2,25,33)(H,28,32). The number of nitrogens with zero attached hydrogens (tertiary/aromatic N) is 5. The van der Waals surface area contributed by atoms with E-state index in [-0.39, 0.29) is 21.9 Å². The van der Waals surface area contributed by atoms with Crippen LogP contribution in [0.2, 0.25) is 0 Å². The number of pyridine rings is 1. The van der Waals surface area contributed by atoms with Gasteiger partial charge in [0, 0.05) is 29.4 Å². The molecule has 4 aromatic rings. The summed E-state index contributed by atoms with van der Waals surface area (Å²) >= 11 is 4.20. The predicted molar refractivity (Wildman–Crippen MR) is 128 cm³/mol. The molecule has 4 aromatic heterocycles. The van der Waals surface area contributed by atoms with Crippen molar-refractivity contribution < 1.29 is 18.4 Å². The molecule has 0 unspecified atom stereocenters. The Morgan fingerprint density at radius 3 is 2.59 bits per heavy atom. The fraction of sp³-hybridized carbons (Fsp3) is 0.286. The number of primary amides is 1. The van der Waals surface area contributed by atoms with Crippen LogP contribution in [-0.2, 0) is 17.9 Å². The third-order valence-corrected chi connectivity index (χ3v) is 7.16. The lowest BCUT2D eigenvalue weighted by Crippen LogP contribution is -2.21. The van der Waals surface area contributed by atoms with E-state index in [0.717, 1.165) is 21.5 Å². The van der Waals surface area contributed by atoms with Gasteiger partial charge in [0.25, 0.3) is 12.3 Å². The second-order valence-corrected chi connectivity index (χ2v) is 9.37. The zero-order valence-electron chi connectivity index (χ0n) is 18.4. The highest BCUT2D eigenvalue weighted by atomic mass is 79.9. The number of halogens is 3. The van der Waals surface area contributed by atoms with E-state index in [4.69, 9.17) is 5.73 Å². The van der Waals surface area contributed by atoms with Crippen LogP contribution in [0.25, 0.3) is 21.3 Å². The quantitative estimate of drug-likeness (QED) is 0.352. The normalized spacial score (nSPS) is 11.5. The van der Waals surface area contributed by atoms with Crippen molar-refractivity contribution in [3.05, 3.63) is 44.9 Å². The first-order valence-electron chi connectivity index (χ1n) is 10.2. The number of anilines is 1. The summed E-state index contributed by atoms with van der Waals surface area (Å²) in [4.78, 5) is 29.3. The average molecular weight is 552 g/mol. The number of nitrogens with two attached hydrogens (primary N) is 1. The van der Waals surface area contributed by atoms with Gasteiger partial charge in [0.05, 0.1) is 22.1 Å². The summed E-state index contributed by atoms with van der Waals surface area (Å²) in [5, 5.41) is 11.6. The summed E-state index contributed by atoms with van der Waals surface area (Å²) in [5.41, 5.74) is 7.69. The van der Waals surface area contributed by atoms with Crippen LogP contribution in [0.5, 0.6) is 0 Å². The summed E-state index contributed by atoms with van der Waals surface area (Å²) in [6, 6.07) is 1.26. The second-order valence-electron chi connectivity index (χ2n) is 7.51. The molecule has 0 aromatic carbocycles. The molecule has 0 spiro atoms. The molecule has 178 valence electrons. The summed E-state index contributed by atoms with van der Waals surface area (Å²) in [7, 11) is 0. The number of hydrogen-bond acceptors (Lipinski definition) is 6. The predicted octanol–water partition coefficient (Wildman–Crippen LogP) is 4.43. The summed E-state index contributed by atoms with van der Waals surface area (Å²) in [6.45, 7) is 5.96. The lowest BCUT2D eigenvalue weighted by Gasteiger charge is -2.11. The Kier molecular flexibility index (Phi) is 6.49. The Bertz CT molecular complexity index is 1410. The van der Waals surface area contributed by atoms with Crippen LogP contribution < -0.4 is 11.1 Å². The fourth-order valence-electron chi connectivity index (χ4n) is 3.66. The van der Waals surface area contributed by atoms with Gasteiger partial charge in [0.15, 0.2) is 0 Å². The largest absolute Gasteiger partial charge is 0.365 e. The van der Waals surface area contributed by atoms with Gasteiger partial charge in [-0.15, -0.1) is 11.3 Å². The average Bonchev–Trinajstić information content (AvgIpc) is 3.42. The van der Waals surface area contributed by atoms with E-state index < -0.39 is 23.9 Å². The third-order valence-electron chi connectivity index (χ3n) is 5.28. The van der Waals surface area contributed by atoms with E-state index in [2.05, 4.69) is 36.4 Å². The molecule has 2 amide bonds. The topological polar surface area (TPSA) is 121 Å². The molecule has 0 aliphatic rings. The molecule has 4 heterocycles. The summed E-state index contributed by atoms with van der Waals surface area (Å²) < 4.78 is 31.2. The minimum atomic E-state index is -2.83. The van der Waals surface area contributed by atoms with Crippen molar-refractivity contribution in [2.75, 3.05) is 5.32 Å². The van der Waals surface area contributed by atoms with Gasteiger partial charge < -0.3 is 11.1 Å². The molecule has 13 heteroatoms. The molecule has 0 aliphatic heterocycles. The Morgan fingerprint density at radius 1 is 1.29 bits per heavy atom. The maximum atomic E-state index is 13.7. The molecular formula is C21H20BrF2N7O2S. The highest BCUT2D eigenvalue weighted by Crippen LogP contribution is 2.43. The summed E-state index contributed by atoms with van der Waals surface area (Å²) in [6.07, 6.45) is 0.392. The van der Waals surface area contributed by atoms with Crippen LogP contribution in [0.3, 0.4) is 0 Å². The van der Waals surface area contributed by atoms with Crippen molar-refractivity contribution >= 4 is 55.0 Å². The Morgan fingerprint density at radius 2 is 2.03 bits per heavy atom. The maximum absolute atomic E-state index is 13.7. The van der Waals surface area contributed by atoms with Crippen molar-refractivity contribution in [3.8, 4) is 11.1 Å². The minimum Gasteiger partial charge on any atom is -0.365 e. The number of fused-ring (bicyclic) bond motifs is 1. The van der Waals surface area contributed by atoms with Crippen LogP contribution in [0.4, 0.5) is 14.5 Å². The number of amides is 2. The Hall–Kier alpha value is -3.19. The van der Waals surface area contributed by atoms with E-state index in [9.17, 15) is 18.4 Å². The molecule has 0 saturated heterocycles. The number of aryl methyl sites for hydroxylation is 2. The van der Waals surface area contributed by atoms with E-state index in [1.54, 1.807) is 24.0 Å². The van der Waals surface area contributed by atoms with E-state index in [1.165, 1.54) is 10.7 Å². The molecule has 3 N–H and O–H groups in total. The number of carbonyl (C=O) groups excluding carboxylic acids is 2. The molecule has 0 bridgehead atoms. The highest BCUT2D eigenvalue weighted by molar-refractivity contribution is 9.10. The van der Waals surface area contributed by atoms with Crippen LogP contribution in [-0.4, -0.2) is 36.4 Å². The summed E-state index contributed by atoms with van der Waals surface area (Å²) in [5.74, 6) is -1.27. The lowest BCUT2D eigenvalue weighted by atomic mass is 10.0. The number of carbonyl (C=O) groups is 2. The second kappa shape index (κ2) is 9.22. The van der Waals surface area contributed by atoms with Crippen LogP contribution >= 0.6 is 27.3 Å². The van der Waals surface area contributed by atoms with Crippen molar-refractivity contribution in [1.29, 1.82) is 0 Å². The first-order valence-corrected chi connectivity index (χ1v) is 11.8. The monoisotopic (exact) mass is 551 g/mol. The smallest absolute Gasteiger partial charge is 0.280 e. The van der Waals surface area contributed by atoms with Gasteiger partial charge in [-0.2, -0.15) is 10.2 Å². The van der Waals surface area contributed by atoms with Crippen LogP contribution in [0.15, 0.2) is 22.9 Å². The van der Waals surface area contributed by atoms with Gasteiger partial charge >= 0.3 is 0 Å². The first-order chi connectivity index (χ1) is 16.1. The zero-order chi connectivity index (χ0) is 24.7. The molecule has 4 rings (SSSR count). The number of alkyl halides is 2. The number of nitrogens with one attached hydrogen (secondary N) is 1. The Labute approximate surface area is 205 Å². The maximum Gasteiger partial charge on any atom is 0.280 e. The van der Waals surface area contributed by atoms with Gasteiger partial charge in [-0.1, -0.05) is 0 Å². The molecule has 9 nitrogen and oxygen atoms in total. The van der Waals surface area contributed by atoms with Crippen molar-refractivity contribution in [2.45, 2.75) is 40.3 Å². The third kappa shape index (κ3) is 4.32. The van der Waals surface area contributed by atoms with Gasteiger partial charge in [-0.25, -0.2) is 13.8 Å². The van der Waals surface area contributed by atoms with Gasteiger partial charge in [-0.3, -0.25) is 19.0 Å². The number of thiophene rings is 1. The van der Waals surface area contributed by atoms with E-state index in [1.807, 2.05) is 13.8 Å². The number of aromatic nitrogens is 5. The lowest BCUT2D eigenvalue weighted by molar-refractivity contribution is -0.116. The van der Waals surface area contributed by atoms with Gasteiger partial charge in [0.1, 0.15) is 21.9 Å². The van der Waals surface area contributed by atoms with Crippen LogP contribution in [0.1, 0.15) is 40.1 Å². The van der Waals surface area contributed by atoms with Gasteiger partial charge in [-0.05, 0) is 48.3 Å². The molecule has 0 aliphatic carbocycles. The molecule has 0 fully saturated rings. The van der Waals surface area contributed by atoms with Crippen molar-refractivity contribution in [3.63, 3.8) is 0 Å². The fourth-order valence-corrected chi connectivity index (χ4v) is 4.99. The molecule has 0 radical (unpaired) electrons. The van der Waals surface area contributed by atoms with E-state index in [0.29, 0.717) is 28.8 Å². The minimum absolute atomic E-state index is 0.0156. The first kappa shape index (κ1) is 24.0. The molecule has 0 saturated carbocycles. The molecular weight excluding hydrogens is 532 g/mol. The van der Waals surface area contributed by atoms with Crippen molar-refractivity contribution in [1.82, 2.24) is 24.5 Å². The highest BCUT2D eigenvalue weighted by Gasteiger charge is 2.26. The van der Waals surface area contributed by atoms with E-state index >= 15 is 0 Å². The SMILES string of the molecule is CCn1ncc(-c2cc(C(F)F)nc3sc(C(N)=O)c(NC(=O)Cn4cc(Br)c(C)n4)c23)c1C. The molecule has 34 heavy (non-hydrogen) atoms. The number of hydrogen-bond donors (Lipinski definition) is 2. The zero-order valence-corrected chi connectivity index (χ0v) is 20.8. The van der Waals surface area contributed by atoms with Crippen molar-refractivity contribution in [2.24, 2.45) is 5.73 Å². The molecule has 0 atom stereocenters. The number of rotatable bonds is 7. The van der Waals surface area contributed by atoms with Gasteiger partial charge in [0.2, 0.25) is 5.91 Å².